The molecule has 7 heteroatoms. The summed E-state index contributed by atoms with van der Waals surface area (Å²) in [7, 11) is 1.24. The van der Waals surface area contributed by atoms with Crippen LogP contribution in [-0.4, -0.2) is 34.2 Å². The number of nitrogens with zero attached hydrogens (tertiary/aromatic N) is 2. The summed E-state index contributed by atoms with van der Waals surface area (Å²) in [6.07, 6.45) is 3.23. The third-order valence-electron chi connectivity index (χ3n) is 2.67. The van der Waals surface area contributed by atoms with E-state index in [9.17, 15) is 14.4 Å². The van der Waals surface area contributed by atoms with Gasteiger partial charge in [0.1, 0.15) is 6.04 Å². The lowest BCUT2D eigenvalue weighted by atomic mass is 10.3. The topological polar surface area (TPSA) is 82.3 Å². The molecule has 19 heavy (non-hydrogen) atoms. The predicted octanol–water partition coefficient (Wildman–Crippen LogP) is -0.0916. The minimum Gasteiger partial charge on any atom is -0.467 e. The zero-order valence-corrected chi connectivity index (χ0v) is 11.5. The van der Waals surface area contributed by atoms with Gasteiger partial charge in [0.15, 0.2) is 0 Å². The van der Waals surface area contributed by atoms with E-state index in [2.05, 4.69) is 10.1 Å². The standard InChI is InChI=1S/C12H19N3O4/c1-8(2)15-6-5-14(12(15)18)7-10(11(17)19-4)13-9(3)16/h5-6,8,10H,7H2,1-4H3,(H,13,16). The fraction of sp³-hybridized carbons (Fsp3) is 0.583. The summed E-state index contributed by atoms with van der Waals surface area (Å²) in [5.74, 6) is -0.939. The molecule has 1 atom stereocenters. The van der Waals surface area contributed by atoms with Crippen LogP contribution < -0.4 is 11.0 Å². The van der Waals surface area contributed by atoms with Gasteiger partial charge in [-0.15, -0.1) is 0 Å². The number of amides is 1. The third-order valence-corrected chi connectivity index (χ3v) is 2.67. The highest BCUT2D eigenvalue weighted by atomic mass is 16.5. The van der Waals surface area contributed by atoms with E-state index in [1.807, 2.05) is 13.8 Å². The molecule has 1 unspecified atom stereocenters. The molecule has 0 aliphatic carbocycles. The van der Waals surface area contributed by atoms with Crippen molar-refractivity contribution < 1.29 is 14.3 Å². The van der Waals surface area contributed by atoms with Crippen LogP contribution in [0.25, 0.3) is 0 Å². The maximum absolute atomic E-state index is 12.0. The van der Waals surface area contributed by atoms with Crippen LogP contribution in [0.1, 0.15) is 26.8 Å². The molecule has 1 amide bonds. The molecular formula is C12H19N3O4. The van der Waals surface area contributed by atoms with Crippen molar-refractivity contribution in [3.8, 4) is 0 Å². The second-order valence-corrected chi connectivity index (χ2v) is 4.51. The molecule has 0 spiro atoms. The van der Waals surface area contributed by atoms with Crippen LogP contribution in [0.4, 0.5) is 0 Å². The van der Waals surface area contributed by atoms with Crippen LogP contribution in [0.3, 0.4) is 0 Å². The zero-order chi connectivity index (χ0) is 14.6. The number of imidazole rings is 1. The minimum atomic E-state index is -0.872. The van der Waals surface area contributed by atoms with E-state index >= 15 is 0 Å². The molecular weight excluding hydrogens is 250 g/mol. The monoisotopic (exact) mass is 269 g/mol. The molecule has 0 aliphatic rings. The van der Waals surface area contributed by atoms with E-state index in [1.165, 1.54) is 18.6 Å². The third kappa shape index (κ3) is 3.70. The SMILES string of the molecule is COC(=O)C(Cn1ccn(C(C)C)c1=O)NC(C)=O. The molecule has 1 N–H and O–H groups in total. The van der Waals surface area contributed by atoms with E-state index in [0.29, 0.717) is 0 Å². The summed E-state index contributed by atoms with van der Waals surface area (Å²) < 4.78 is 7.52. The summed E-state index contributed by atoms with van der Waals surface area (Å²) in [6.45, 7) is 5.12. The quantitative estimate of drug-likeness (QED) is 0.757. The number of carbonyl (C=O) groups excluding carboxylic acids is 2. The Hall–Kier alpha value is -2.05. The second-order valence-electron chi connectivity index (χ2n) is 4.51. The number of hydrogen-bond acceptors (Lipinski definition) is 4. The average molecular weight is 269 g/mol. The first-order chi connectivity index (χ1) is 8.86. The number of nitrogens with one attached hydrogen (secondary N) is 1. The van der Waals surface area contributed by atoms with Crippen molar-refractivity contribution in [1.82, 2.24) is 14.5 Å². The fourth-order valence-electron chi connectivity index (χ4n) is 1.72. The Morgan fingerprint density at radius 2 is 2.00 bits per heavy atom. The largest absolute Gasteiger partial charge is 0.467 e. The molecule has 1 heterocycles. The summed E-state index contributed by atoms with van der Waals surface area (Å²) in [5, 5.41) is 2.46. The number of methoxy groups -OCH3 is 1. The van der Waals surface area contributed by atoms with E-state index in [4.69, 9.17) is 0 Å². The highest BCUT2D eigenvalue weighted by Gasteiger charge is 2.22. The molecule has 0 bridgehead atoms. The Balaban J connectivity index is 2.93. The lowest BCUT2D eigenvalue weighted by molar-refractivity contribution is -0.145. The number of rotatable bonds is 5. The first-order valence-corrected chi connectivity index (χ1v) is 5.99. The maximum Gasteiger partial charge on any atom is 0.330 e. The molecule has 1 aromatic rings. The molecule has 1 aromatic heterocycles. The predicted molar refractivity (Wildman–Crippen MR) is 68.7 cm³/mol. The molecule has 0 saturated carbocycles. The maximum atomic E-state index is 12.0. The summed E-state index contributed by atoms with van der Waals surface area (Å²) in [4.78, 5) is 34.6. The van der Waals surface area contributed by atoms with Gasteiger partial charge in [-0.3, -0.25) is 13.9 Å². The first kappa shape index (κ1) is 15.0. The van der Waals surface area contributed by atoms with Crippen molar-refractivity contribution >= 4 is 11.9 Å². The van der Waals surface area contributed by atoms with Crippen molar-refractivity contribution in [2.24, 2.45) is 0 Å². The Labute approximate surface area is 111 Å². The Morgan fingerprint density at radius 3 is 2.42 bits per heavy atom. The average Bonchev–Trinajstić information content (AvgIpc) is 2.68. The number of aromatic nitrogens is 2. The van der Waals surface area contributed by atoms with Gasteiger partial charge >= 0.3 is 11.7 Å². The van der Waals surface area contributed by atoms with E-state index in [-0.39, 0.29) is 24.2 Å². The van der Waals surface area contributed by atoms with Gasteiger partial charge in [-0.1, -0.05) is 0 Å². The Bertz CT molecular complexity index is 515. The Morgan fingerprint density at radius 1 is 1.37 bits per heavy atom. The van der Waals surface area contributed by atoms with Crippen molar-refractivity contribution in [3.05, 3.63) is 22.9 Å². The lowest BCUT2D eigenvalue weighted by Gasteiger charge is -2.15. The Kier molecular flexibility index (Phi) is 4.91. The van der Waals surface area contributed by atoms with E-state index in [1.54, 1.807) is 17.0 Å². The number of hydrogen-bond donors (Lipinski definition) is 1. The van der Waals surface area contributed by atoms with E-state index in [0.717, 1.165) is 0 Å². The summed E-state index contributed by atoms with van der Waals surface area (Å²) in [6, 6.07) is -0.839. The molecule has 0 aromatic carbocycles. The zero-order valence-electron chi connectivity index (χ0n) is 11.5. The van der Waals surface area contributed by atoms with Gasteiger partial charge in [0.05, 0.1) is 13.7 Å². The van der Waals surface area contributed by atoms with Crippen LogP contribution in [-0.2, 0) is 20.9 Å². The van der Waals surface area contributed by atoms with Crippen LogP contribution in [0.2, 0.25) is 0 Å². The smallest absolute Gasteiger partial charge is 0.330 e. The van der Waals surface area contributed by atoms with Gasteiger partial charge in [0.2, 0.25) is 5.91 Å². The molecule has 7 nitrogen and oxygen atoms in total. The molecule has 0 fully saturated rings. The minimum absolute atomic E-state index is 0.0334. The molecule has 0 radical (unpaired) electrons. The van der Waals surface area contributed by atoms with Crippen LogP contribution in [0, 0.1) is 0 Å². The molecule has 106 valence electrons. The molecule has 1 rings (SSSR count). The molecule has 0 saturated heterocycles. The van der Waals surface area contributed by atoms with Gasteiger partial charge in [0, 0.05) is 25.4 Å². The number of ether oxygens (including phenoxy) is 1. The van der Waals surface area contributed by atoms with Crippen LogP contribution in [0.5, 0.6) is 0 Å². The van der Waals surface area contributed by atoms with Crippen molar-refractivity contribution in [3.63, 3.8) is 0 Å². The van der Waals surface area contributed by atoms with E-state index < -0.39 is 12.0 Å². The molecule has 0 aliphatic heterocycles. The highest BCUT2D eigenvalue weighted by molar-refractivity contribution is 5.83. The highest BCUT2D eigenvalue weighted by Crippen LogP contribution is 2.00. The summed E-state index contributed by atoms with van der Waals surface area (Å²) >= 11 is 0. The van der Waals surface area contributed by atoms with Gasteiger partial charge in [-0.05, 0) is 13.8 Å². The number of esters is 1. The van der Waals surface area contributed by atoms with Crippen molar-refractivity contribution in [1.29, 1.82) is 0 Å². The van der Waals surface area contributed by atoms with Gasteiger partial charge in [-0.25, -0.2) is 9.59 Å². The van der Waals surface area contributed by atoms with Crippen LogP contribution in [0.15, 0.2) is 17.2 Å². The van der Waals surface area contributed by atoms with Gasteiger partial charge in [0.25, 0.3) is 0 Å². The van der Waals surface area contributed by atoms with Crippen LogP contribution >= 0.6 is 0 Å². The fourth-order valence-corrected chi connectivity index (χ4v) is 1.72. The lowest BCUT2D eigenvalue weighted by Crippen LogP contribution is -2.45. The van der Waals surface area contributed by atoms with Crippen molar-refractivity contribution in [2.75, 3.05) is 7.11 Å². The summed E-state index contributed by atoms with van der Waals surface area (Å²) in [5.41, 5.74) is -0.228. The number of carbonyl (C=O) groups is 2. The van der Waals surface area contributed by atoms with Crippen molar-refractivity contribution in [2.45, 2.75) is 39.4 Å². The first-order valence-electron chi connectivity index (χ1n) is 5.99. The van der Waals surface area contributed by atoms with Gasteiger partial charge in [-0.2, -0.15) is 0 Å². The van der Waals surface area contributed by atoms with Gasteiger partial charge < -0.3 is 10.1 Å². The normalized spacial score (nSPS) is 12.3. The second kappa shape index (κ2) is 6.21.